The summed E-state index contributed by atoms with van der Waals surface area (Å²) in [4.78, 5) is 22.5. The van der Waals surface area contributed by atoms with Gasteiger partial charge >= 0.3 is 0 Å². The number of benzene rings is 2. The highest BCUT2D eigenvalue weighted by Crippen LogP contribution is 2.17. The molecular weight excluding hydrogens is 306 g/mol. The highest BCUT2D eigenvalue weighted by atomic mass is 16.6. The minimum atomic E-state index is -0.527. The number of hydrogen-bond acceptors (Lipinski definition) is 4. The molecule has 0 saturated carbocycles. The molecule has 6 heteroatoms. The largest absolute Gasteiger partial charge is 0.345 e. The second-order valence-corrected chi connectivity index (χ2v) is 5.13. The first-order valence-corrected chi connectivity index (χ1v) is 7.23. The molecule has 24 heavy (non-hydrogen) atoms. The Morgan fingerprint density at radius 2 is 1.96 bits per heavy atom. The van der Waals surface area contributed by atoms with Gasteiger partial charge in [0.2, 0.25) is 0 Å². The molecule has 1 amide bonds. The Bertz CT molecular complexity index is 823. The number of nitriles is 1. The van der Waals surface area contributed by atoms with Gasteiger partial charge in [-0.2, -0.15) is 5.26 Å². The third kappa shape index (κ3) is 4.27. The molecule has 120 valence electrons. The van der Waals surface area contributed by atoms with Gasteiger partial charge in [0.15, 0.2) is 0 Å². The Morgan fingerprint density at radius 1 is 1.25 bits per heavy atom. The topological polar surface area (TPSA) is 96.0 Å². The van der Waals surface area contributed by atoms with E-state index in [1.807, 2.05) is 43.3 Å². The fraction of sp³-hybridized carbons (Fsp3) is 0.111. The monoisotopic (exact) mass is 321 g/mol. The van der Waals surface area contributed by atoms with Gasteiger partial charge in [-0.05, 0) is 24.1 Å². The maximum Gasteiger partial charge on any atom is 0.270 e. The number of nitrogens with zero attached hydrogens (tertiary/aromatic N) is 2. The zero-order valence-corrected chi connectivity index (χ0v) is 13.0. The van der Waals surface area contributed by atoms with E-state index in [0.29, 0.717) is 5.56 Å². The number of carbonyl (C=O) groups is 1. The summed E-state index contributed by atoms with van der Waals surface area (Å²) >= 11 is 0. The third-order valence-corrected chi connectivity index (χ3v) is 3.40. The summed E-state index contributed by atoms with van der Waals surface area (Å²) in [6.07, 6.45) is 1.33. The van der Waals surface area contributed by atoms with E-state index >= 15 is 0 Å². The number of amides is 1. The summed E-state index contributed by atoms with van der Waals surface area (Å²) in [5, 5.41) is 22.7. The third-order valence-electron chi connectivity index (χ3n) is 3.40. The lowest BCUT2D eigenvalue weighted by Gasteiger charge is -2.13. The lowest BCUT2D eigenvalue weighted by molar-refractivity contribution is -0.384. The van der Waals surface area contributed by atoms with Gasteiger partial charge in [-0.1, -0.05) is 42.5 Å². The number of nitrogens with one attached hydrogen (secondary N) is 1. The van der Waals surface area contributed by atoms with Crippen LogP contribution in [0.15, 0.2) is 60.2 Å². The molecule has 0 bridgehead atoms. The van der Waals surface area contributed by atoms with Gasteiger partial charge in [0.1, 0.15) is 11.6 Å². The Hall–Kier alpha value is -3.46. The minimum absolute atomic E-state index is 0.0981. The summed E-state index contributed by atoms with van der Waals surface area (Å²) in [6, 6.07) is 16.7. The molecule has 1 N–H and O–H groups in total. The van der Waals surface area contributed by atoms with E-state index in [0.717, 1.165) is 5.56 Å². The van der Waals surface area contributed by atoms with E-state index < -0.39 is 10.8 Å². The van der Waals surface area contributed by atoms with Gasteiger partial charge in [-0.3, -0.25) is 14.9 Å². The van der Waals surface area contributed by atoms with Crippen LogP contribution in [0.3, 0.4) is 0 Å². The predicted octanol–water partition coefficient (Wildman–Crippen LogP) is 3.38. The fourth-order valence-corrected chi connectivity index (χ4v) is 2.14. The molecule has 0 fully saturated rings. The molecule has 0 heterocycles. The predicted molar refractivity (Wildman–Crippen MR) is 89.7 cm³/mol. The van der Waals surface area contributed by atoms with E-state index in [-0.39, 0.29) is 17.3 Å². The van der Waals surface area contributed by atoms with Crippen molar-refractivity contribution in [1.29, 1.82) is 5.26 Å². The van der Waals surface area contributed by atoms with Crippen molar-refractivity contribution in [3.8, 4) is 6.07 Å². The van der Waals surface area contributed by atoms with Crippen molar-refractivity contribution in [2.45, 2.75) is 13.0 Å². The van der Waals surface area contributed by atoms with Crippen molar-refractivity contribution >= 4 is 17.7 Å². The Labute approximate surface area is 139 Å². The Kier molecular flexibility index (Phi) is 5.42. The van der Waals surface area contributed by atoms with E-state index in [9.17, 15) is 20.2 Å². The lowest BCUT2D eigenvalue weighted by atomic mass is 10.1. The average Bonchev–Trinajstić information content (AvgIpc) is 2.60. The molecule has 0 aliphatic carbocycles. The molecule has 1 atom stereocenters. The molecule has 0 radical (unpaired) electrons. The molecule has 0 aliphatic rings. The van der Waals surface area contributed by atoms with Gasteiger partial charge < -0.3 is 5.32 Å². The summed E-state index contributed by atoms with van der Waals surface area (Å²) in [5.41, 5.74) is 1.12. The minimum Gasteiger partial charge on any atom is -0.345 e. The number of nitro benzene ring substituents is 1. The van der Waals surface area contributed by atoms with E-state index in [1.165, 1.54) is 24.3 Å². The maximum absolute atomic E-state index is 12.2. The molecule has 0 aliphatic heterocycles. The highest BCUT2D eigenvalue weighted by Gasteiger charge is 2.14. The number of carbonyl (C=O) groups excluding carboxylic acids is 1. The van der Waals surface area contributed by atoms with Gasteiger partial charge in [-0.15, -0.1) is 0 Å². The maximum atomic E-state index is 12.2. The molecule has 6 nitrogen and oxygen atoms in total. The zero-order chi connectivity index (χ0) is 17.5. The average molecular weight is 321 g/mol. The molecular formula is C18H15N3O3. The smallest absolute Gasteiger partial charge is 0.270 e. The summed E-state index contributed by atoms with van der Waals surface area (Å²) in [5.74, 6) is -0.527. The lowest BCUT2D eigenvalue weighted by Crippen LogP contribution is -2.27. The van der Waals surface area contributed by atoms with E-state index in [4.69, 9.17) is 0 Å². The zero-order valence-electron chi connectivity index (χ0n) is 13.0. The van der Waals surface area contributed by atoms with E-state index in [1.54, 1.807) is 6.07 Å². The van der Waals surface area contributed by atoms with Crippen molar-refractivity contribution in [3.05, 3.63) is 81.4 Å². The van der Waals surface area contributed by atoms with Crippen molar-refractivity contribution in [1.82, 2.24) is 5.32 Å². The second-order valence-electron chi connectivity index (χ2n) is 5.13. The van der Waals surface area contributed by atoms with Crippen molar-refractivity contribution < 1.29 is 9.72 Å². The van der Waals surface area contributed by atoms with Crippen LogP contribution in [-0.4, -0.2) is 10.8 Å². The van der Waals surface area contributed by atoms with Crippen LogP contribution in [0.4, 0.5) is 5.69 Å². The van der Waals surface area contributed by atoms with Crippen LogP contribution in [0.1, 0.15) is 24.1 Å². The summed E-state index contributed by atoms with van der Waals surface area (Å²) in [6.45, 7) is 1.82. The molecule has 2 aromatic rings. The van der Waals surface area contributed by atoms with Crippen LogP contribution in [-0.2, 0) is 4.79 Å². The normalized spacial score (nSPS) is 12.1. The SMILES string of the molecule is C[C@H](NC(=O)/C(C#N)=C/c1cccc([N+](=O)[O-])c1)c1ccccc1. The first-order chi connectivity index (χ1) is 11.5. The van der Waals surface area contributed by atoms with Gasteiger partial charge in [-0.25, -0.2) is 0 Å². The Morgan fingerprint density at radius 3 is 2.58 bits per heavy atom. The highest BCUT2D eigenvalue weighted by molar-refractivity contribution is 6.01. The van der Waals surface area contributed by atoms with Crippen LogP contribution in [0.2, 0.25) is 0 Å². The van der Waals surface area contributed by atoms with Crippen LogP contribution >= 0.6 is 0 Å². The van der Waals surface area contributed by atoms with Gasteiger partial charge in [0.05, 0.1) is 11.0 Å². The first kappa shape index (κ1) is 16.9. The molecule has 0 unspecified atom stereocenters. The summed E-state index contributed by atoms with van der Waals surface area (Å²) in [7, 11) is 0. The van der Waals surface area contributed by atoms with Crippen molar-refractivity contribution in [2.75, 3.05) is 0 Å². The fourth-order valence-electron chi connectivity index (χ4n) is 2.14. The molecule has 0 spiro atoms. The molecule has 0 saturated heterocycles. The Balaban J connectivity index is 2.18. The standard InChI is InChI=1S/C18H15N3O3/c1-13(15-7-3-2-4-8-15)20-18(22)16(12-19)10-14-6-5-9-17(11-14)21(23)24/h2-11,13H,1H3,(H,20,22)/b16-10+/t13-/m0/s1. The number of non-ortho nitro benzene ring substituents is 1. The molecule has 2 rings (SSSR count). The second kappa shape index (κ2) is 7.70. The van der Waals surface area contributed by atoms with Crippen LogP contribution in [0.5, 0.6) is 0 Å². The van der Waals surface area contributed by atoms with Gasteiger partial charge in [0.25, 0.3) is 11.6 Å². The first-order valence-electron chi connectivity index (χ1n) is 7.23. The molecule has 0 aromatic heterocycles. The summed E-state index contributed by atoms with van der Waals surface area (Å²) < 4.78 is 0. The number of rotatable bonds is 5. The number of hydrogen-bond donors (Lipinski definition) is 1. The van der Waals surface area contributed by atoms with Crippen LogP contribution in [0, 0.1) is 21.4 Å². The van der Waals surface area contributed by atoms with Crippen LogP contribution < -0.4 is 5.32 Å². The van der Waals surface area contributed by atoms with Gasteiger partial charge in [0, 0.05) is 12.1 Å². The van der Waals surface area contributed by atoms with Crippen molar-refractivity contribution in [2.24, 2.45) is 0 Å². The number of nitro groups is 1. The quantitative estimate of drug-likeness (QED) is 0.395. The van der Waals surface area contributed by atoms with E-state index in [2.05, 4.69) is 5.32 Å². The molecule has 2 aromatic carbocycles. The van der Waals surface area contributed by atoms with Crippen LogP contribution in [0.25, 0.3) is 6.08 Å². The van der Waals surface area contributed by atoms with Crippen molar-refractivity contribution in [3.63, 3.8) is 0 Å².